The van der Waals surface area contributed by atoms with Crippen molar-refractivity contribution < 1.29 is 0 Å². The molecular weight excluding hydrogens is 230 g/mol. The van der Waals surface area contributed by atoms with E-state index in [-0.39, 0.29) is 0 Å². The van der Waals surface area contributed by atoms with Crippen LogP contribution in [0.2, 0.25) is 0 Å². The maximum atomic E-state index is 5.30. The molecule has 0 aliphatic carbocycles. The molecule has 0 atom stereocenters. The monoisotopic (exact) mass is 230 g/mol. The van der Waals surface area contributed by atoms with Gasteiger partial charge >= 0.3 is 0 Å². The van der Waals surface area contributed by atoms with E-state index < -0.39 is 0 Å². The van der Waals surface area contributed by atoms with E-state index in [1.807, 2.05) is 22.6 Å². The van der Waals surface area contributed by atoms with Gasteiger partial charge in [0.25, 0.3) is 0 Å². The highest BCUT2D eigenvalue weighted by molar-refractivity contribution is 14.1. The highest BCUT2D eigenvalue weighted by Gasteiger charge is 1.93. The largest absolute Gasteiger partial charge is 0.229 e. The van der Waals surface area contributed by atoms with Gasteiger partial charge in [0.2, 0.25) is 3.83 Å². The Morgan fingerprint density at radius 2 is 2.43 bits per heavy atom. The van der Waals surface area contributed by atoms with E-state index in [1.54, 1.807) is 0 Å². The summed E-state index contributed by atoms with van der Waals surface area (Å²) < 4.78 is 1.64. The van der Waals surface area contributed by atoms with E-state index >= 15 is 0 Å². The number of hydrogen-bond donors (Lipinski definition) is 0. The van der Waals surface area contributed by atoms with Crippen molar-refractivity contribution in [3.8, 4) is 0 Å². The minimum absolute atomic E-state index is 0.569. The third kappa shape index (κ3) is 1.00. The highest BCUT2D eigenvalue weighted by Crippen LogP contribution is 1.95. The van der Waals surface area contributed by atoms with Crippen LogP contribution in [-0.2, 0) is 0 Å². The second-order valence-corrected chi connectivity index (χ2v) is 2.09. The van der Waals surface area contributed by atoms with Crippen molar-refractivity contribution >= 4 is 34.4 Å². The molecule has 0 aliphatic heterocycles. The van der Waals surface area contributed by atoms with Crippen LogP contribution in [0.4, 0.5) is 0 Å². The van der Waals surface area contributed by atoms with Crippen LogP contribution in [0.15, 0.2) is 0 Å². The smallest absolute Gasteiger partial charge is 0.125 e. The van der Waals surface area contributed by atoms with Gasteiger partial charge in [0, 0.05) is 34.4 Å². The summed E-state index contributed by atoms with van der Waals surface area (Å²) >= 11 is 7.21. The Bertz CT molecular complexity index is 144. The van der Waals surface area contributed by atoms with Crippen LogP contribution < -0.4 is 0 Å². The molecule has 0 fully saturated rings. The molecule has 4 nitrogen and oxygen atoms in total. The lowest BCUT2D eigenvalue weighted by molar-refractivity contribution is 0.844. The van der Waals surface area contributed by atoms with E-state index in [0.717, 1.165) is 4.20 Å². The summed E-state index contributed by atoms with van der Waals surface area (Å²) in [6.45, 7) is 0. The molecule has 1 rings (SSSR count). The predicted molar refractivity (Wildman–Crippen MR) is 31.8 cm³/mol. The van der Waals surface area contributed by atoms with E-state index in [0.29, 0.717) is 3.83 Å². The molecule has 0 aliphatic rings. The second-order valence-electron chi connectivity index (χ2n) is 0.808. The van der Waals surface area contributed by atoms with E-state index in [2.05, 4.69) is 15.5 Å². The van der Waals surface area contributed by atoms with Gasteiger partial charge < -0.3 is 0 Å². The van der Waals surface area contributed by atoms with E-state index in [1.165, 1.54) is 0 Å². The van der Waals surface area contributed by atoms with Gasteiger partial charge in [0.1, 0.15) is 0 Å². The molecule has 0 radical (unpaired) electrons. The van der Waals surface area contributed by atoms with Crippen LogP contribution in [0.3, 0.4) is 0 Å². The van der Waals surface area contributed by atoms with Crippen LogP contribution in [0.5, 0.6) is 0 Å². The molecular formula is CClIN4. The Morgan fingerprint density at radius 3 is 2.57 bits per heavy atom. The Kier molecular flexibility index (Phi) is 1.43. The SMILES string of the molecule is Cln1nnnc1I. The van der Waals surface area contributed by atoms with Gasteiger partial charge in [0.15, 0.2) is 0 Å². The van der Waals surface area contributed by atoms with Crippen molar-refractivity contribution in [2.75, 3.05) is 0 Å². The average molecular weight is 230 g/mol. The lowest BCUT2D eigenvalue weighted by Crippen LogP contribution is -1.83. The lowest BCUT2D eigenvalue weighted by Gasteiger charge is -1.74. The summed E-state index contributed by atoms with van der Waals surface area (Å²) in [5, 5.41) is 10.0. The van der Waals surface area contributed by atoms with Gasteiger partial charge in [0.05, 0.1) is 0 Å². The van der Waals surface area contributed by atoms with Gasteiger partial charge in [-0.1, -0.05) is 0 Å². The molecule has 0 saturated heterocycles. The minimum Gasteiger partial charge on any atom is -0.125 e. The lowest BCUT2D eigenvalue weighted by atomic mass is 11.4. The summed E-state index contributed by atoms with van der Waals surface area (Å²) in [4.78, 5) is 0. The molecule has 1 heterocycles. The molecule has 0 N–H and O–H groups in total. The molecule has 1 aromatic heterocycles. The first-order chi connectivity index (χ1) is 3.30. The number of tetrazole rings is 1. The first-order valence-electron chi connectivity index (χ1n) is 1.41. The Hall–Kier alpha value is 0.0900. The Balaban J connectivity index is 3.12. The molecule has 1 aromatic rings. The number of nitrogens with zero attached hydrogens (tertiary/aromatic N) is 4. The summed E-state index contributed by atoms with van der Waals surface area (Å²) in [6, 6.07) is 0. The van der Waals surface area contributed by atoms with Gasteiger partial charge in [-0.05, 0) is 10.4 Å². The third-order valence-electron chi connectivity index (χ3n) is 0.398. The van der Waals surface area contributed by atoms with Crippen LogP contribution in [0.25, 0.3) is 0 Å². The van der Waals surface area contributed by atoms with E-state index in [4.69, 9.17) is 11.8 Å². The normalized spacial score (nSPS) is 9.43. The van der Waals surface area contributed by atoms with Crippen molar-refractivity contribution in [3.63, 3.8) is 0 Å². The minimum atomic E-state index is 0.569. The Labute approximate surface area is 58.1 Å². The first kappa shape index (κ1) is 5.23. The molecule has 0 saturated carbocycles. The van der Waals surface area contributed by atoms with Crippen molar-refractivity contribution in [2.45, 2.75) is 0 Å². The number of hydrogen-bond acceptors (Lipinski definition) is 3. The molecule has 38 valence electrons. The molecule has 6 heteroatoms. The quantitative estimate of drug-likeness (QED) is 0.601. The maximum absolute atomic E-state index is 5.30. The molecule has 0 aromatic carbocycles. The van der Waals surface area contributed by atoms with Crippen LogP contribution in [0.1, 0.15) is 0 Å². The van der Waals surface area contributed by atoms with Gasteiger partial charge in [-0.25, -0.2) is 0 Å². The van der Waals surface area contributed by atoms with Crippen molar-refractivity contribution in [1.29, 1.82) is 0 Å². The molecule has 0 spiro atoms. The van der Waals surface area contributed by atoms with Gasteiger partial charge in [-0.3, -0.25) is 0 Å². The number of halogens is 2. The fraction of sp³-hybridized carbons (Fsp3) is 0. The third-order valence-corrected chi connectivity index (χ3v) is 1.58. The van der Waals surface area contributed by atoms with E-state index in [9.17, 15) is 0 Å². The van der Waals surface area contributed by atoms with Crippen LogP contribution >= 0.6 is 34.4 Å². The zero-order chi connectivity index (χ0) is 5.28. The van der Waals surface area contributed by atoms with Crippen LogP contribution in [0, 0.1) is 3.83 Å². The molecule has 7 heavy (non-hydrogen) atoms. The Morgan fingerprint density at radius 1 is 1.71 bits per heavy atom. The summed E-state index contributed by atoms with van der Waals surface area (Å²) in [5.41, 5.74) is 0. The van der Waals surface area contributed by atoms with Crippen molar-refractivity contribution in [2.24, 2.45) is 0 Å². The summed E-state index contributed by atoms with van der Waals surface area (Å²) in [5.74, 6) is 0. The first-order valence-corrected chi connectivity index (χ1v) is 2.82. The standard InChI is InChI=1S/CClIN4/c2-7-1(3)4-5-6-7. The zero-order valence-corrected chi connectivity index (χ0v) is 5.96. The topological polar surface area (TPSA) is 43.6 Å². The van der Waals surface area contributed by atoms with Gasteiger partial charge in [-0.15, -0.1) is 9.30 Å². The second kappa shape index (κ2) is 1.91. The summed E-state index contributed by atoms with van der Waals surface area (Å²) in [7, 11) is 0. The fourth-order valence-corrected chi connectivity index (χ4v) is 0.423. The summed E-state index contributed by atoms with van der Waals surface area (Å²) in [6.07, 6.45) is 0. The number of rotatable bonds is 0. The average Bonchev–Trinajstić information content (AvgIpc) is 1.91. The molecule has 0 amide bonds. The van der Waals surface area contributed by atoms with Crippen molar-refractivity contribution in [1.82, 2.24) is 19.7 Å². The van der Waals surface area contributed by atoms with Crippen molar-refractivity contribution in [3.05, 3.63) is 3.83 Å². The number of aromatic nitrogens is 4. The highest BCUT2D eigenvalue weighted by atomic mass is 127. The fourth-order valence-electron chi connectivity index (χ4n) is 0.166. The molecule has 0 unspecified atom stereocenters. The molecule has 0 bridgehead atoms. The van der Waals surface area contributed by atoms with Gasteiger partial charge in [-0.2, -0.15) is 0 Å². The maximum Gasteiger partial charge on any atom is 0.229 e. The van der Waals surface area contributed by atoms with Crippen LogP contribution in [-0.4, -0.2) is 19.7 Å². The zero-order valence-electron chi connectivity index (χ0n) is 3.04. The predicted octanol–water partition coefficient (Wildman–Crippen LogP) is 0.280.